The number of anilines is 3. The molecule has 0 saturated carbocycles. The van der Waals surface area contributed by atoms with E-state index in [0.717, 1.165) is 5.56 Å². The van der Waals surface area contributed by atoms with Crippen molar-refractivity contribution in [3.63, 3.8) is 0 Å². The number of ether oxygens (including phenoxy) is 1. The van der Waals surface area contributed by atoms with Gasteiger partial charge in [-0.3, -0.25) is 0 Å². The molecule has 0 bridgehead atoms. The average Bonchev–Trinajstić information content (AvgIpc) is 2.71. The fourth-order valence-corrected chi connectivity index (χ4v) is 2.37. The van der Waals surface area contributed by atoms with Crippen LogP contribution in [0.25, 0.3) is 0 Å². The molecule has 0 amide bonds. The van der Waals surface area contributed by atoms with Gasteiger partial charge in [-0.1, -0.05) is 20.8 Å². The molecule has 0 aliphatic carbocycles. The number of rotatable bonds is 11. The van der Waals surface area contributed by atoms with E-state index in [-0.39, 0.29) is 24.9 Å². The zero-order chi connectivity index (χ0) is 21.4. The molecule has 0 aliphatic heterocycles. The highest BCUT2D eigenvalue weighted by Crippen LogP contribution is 2.33. The molecule has 2 atom stereocenters. The number of aliphatic hydroxyl groups is 3. The summed E-state index contributed by atoms with van der Waals surface area (Å²) in [6.45, 7) is 6.04. The zero-order valence-corrected chi connectivity index (χ0v) is 17.0. The topological polar surface area (TPSA) is 159 Å². The highest BCUT2D eigenvalue weighted by Gasteiger charge is 2.15. The Morgan fingerprint density at radius 2 is 1.79 bits per heavy atom. The van der Waals surface area contributed by atoms with Crippen molar-refractivity contribution in [2.24, 2.45) is 0 Å². The third-order valence-corrected chi connectivity index (χ3v) is 4.22. The summed E-state index contributed by atoms with van der Waals surface area (Å²) in [6.07, 6.45) is 2.40. The van der Waals surface area contributed by atoms with E-state index in [4.69, 9.17) is 15.6 Å². The summed E-state index contributed by atoms with van der Waals surface area (Å²) >= 11 is 0. The molecule has 0 spiro atoms. The van der Waals surface area contributed by atoms with E-state index >= 15 is 0 Å². The van der Waals surface area contributed by atoms with Crippen molar-refractivity contribution in [2.45, 2.75) is 45.3 Å². The summed E-state index contributed by atoms with van der Waals surface area (Å²) in [5.41, 5.74) is 6.88. The first kappa shape index (κ1) is 22.6. The predicted octanol–water partition coefficient (Wildman–Crippen LogP) is 1.32. The molecule has 2 unspecified atom stereocenters. The van der Waals surface area contributed by atoms with Crippen molar-refractivity contribution in [2.75, 3.05) is 36.1 Å². The Bertz CT molecular complexity index is 789. The van der Waals surface area contributed by atoms with Crippen LogP contribution in [-0.4, -0.2) is 62.2 Å². The smallest absolute Gasteiger partial charge is 0.224 e. The zero-order valence-electron chi connectivity index (χ0n) is 17.0. The summed E-state index contributed by atoms with van der Waals surface area (Å²) in [5, 5.41) is 33.9. The monoisotopic (exact) mass is 406 g/mol. The van der Waals surface area contributed by atoms with Crippen LogP contribution < -0.4 is 21.1 Å². The van der Waals surface area contributed by atoms with E-state index in [2.05, 4.69) is 25.6 Å². The fourth-order valence-electron chi connectivity index (χ4n) is 2.37. The predicted molar refractivity (Wildman–Crippen MR) is 111 cm³/mol. The van der Waals surface area contributed by atoms with E-state index in [1.165, 1.54) is 6.20 Å². The Morgan fingerprint density at radius 3 is 2.41 bits per heavy atom. The van der Waals surface area contributed by atoms with Crippen LogP contribution in [0.5, 0.6) is 11.5 Å². The maximum atomic E-state index is 9.62. The minimum absolute atomic E-state index is 0.146. The van der Waals surface area contributed by atoms with Crippen LogP contribution in [0.2, 0.25) is 0 Å². The lowest BCUT2D eigenvalue weighted by atomic mass is 10.0. The molecule has 160 valence electrons. The van der Waals surface area contributed by atoms with Crippen LogP contribution in [0.15, 0.2) is 18.5 Å². The van der Waals surface area contributed by atoms with E-state index in [9.17, 15) is 10.2 Å². The molecule has 2 aromatic rings. The molecule has 7 N–H and O–H groups in total. The van der Waals surface area contributed by atoms with Crippen LogP contribution in [0.4, 0.5) is 17.6 Å². The Kier molecular flexibility index (Phi) is 8.37. The minimum Gasteiger partial charge on any atom is -0.451 e. The maximum absolute atomic E-state index is 9.62. The van der Waals surface area contributed by atoms with Crippen LogP contribution in [0, 0.1) is 0 Å². The molecular formula is C19H30N6O4. The van der Waals surface area contributed by atoms with Gasteiger partial charge in [-0.15, -0.1) is 0 Å². The van der Waals surface area contributed by atoms with Crippen LogP contribution in [0.3, 0.4) is 0 Å². The first-order valence-corrected chi connectivity index (χ1v) is 9.59. The molecular weight excluding hydrogens is 376 g/mol. The van der Waals surface area contributed by atoms with Gasteiger partial charge in [-0.2, -0.15) is 4.98 Å². The van der Waals surface area contributed by atoms with Crippen LogP contribution in [-0.2, 0) is 0 Å². The van der Waals surface area contributed by atoms with Crippen molar-refractivity contribution in [1.29, 1.82) is 0 Å². The molecule has 0 fully saturated rings. The van der Waals surface area contributed by atoms with Gasteiger partial charge in [-0.05, 0) is 12.3 Å². The van der Waals surface area contributed by atoms with E-state index in [1.54, 1.807) is 12.3 Å². The molecule has 10 nitrogen and oxygen atoms in total. The number of pyridine rings is 1. The lowest BCUT2D eigenvalue weighted by Crippen LogP contribution is -2.23. The summed E-state index contributed by atoms with van der Waals surface area (Å²) < 4.78 is 5.96. The molecule has 2 heterocycles. The van der Waals surface area contributed by atoms with Gasteiger partial charge >= 0.3 is 0 Å². The second-order valence-corrected chi connectivity index (χ2v) is 6.97. The van der Waals surface area contributed by atoms with Gasteiger partial charge in [0.05, 0.1) is 25.0 Å². The van der Waals surface area contributed by atoms with Crippen LogP contribution >= 0.6 is 0 Å². The number of hydrogen-bond donors (Lipinski definition) is 6. The highest BCUT2D eigenvalue weighted by molar-refractivity contribution is 5.53. The Morgan fingerprint density at radius 1 is 1.07 bits per heavy atom. The summed E-state index contributed by atoms with van der Waals surface area (Å²) in [7, 11) is 0. The Balaban J connectivity index is 2.18. The van der Waals surface area contributed by atoms with E-state index in [1.807, 2.05) is 20.8 Å². The molecule has 10 heteroatoms. The standard InChI is InChI=1S/C19H30N6O4/c1-4-12(27)6-23-19-24-9-16(18(20)25-19)29-15-5-17(21-7-13(28)10-26)22-8-14(15)11(2)3/h5,8-9,11-13,26-28H,4,6-7,10H2,1-3H3,(H,21,22)(H3,20,23,24,25). The van der Waals surface area contributed by atoms with Gasteiger partial charge < -0.3 is 36.4 Å². The third-order valence-electron chi connectivity index (χ3n) is 4.22. The van der Waals surface area contributed by atoms with Gasteiger partial charge in [0.1, 0.15) is 11.6 Å². The first-order chi connectivity index (χ1) is 13.8. The van der Waals surface area contributed by atoms with Gasteiger partial charge in [-0.25, -0.2) is 9.97 Å². The second-order valence-electron chi connectivity index (χ2n) is 6.97. The first-order valence-electron chi connectivity index (χ1n) is 9.59. The van der Waals surface area contributed by atoms with E-state index < -0.39 is 12.2 Å². The van der Waals surface area contributed by atoms with Crippen molar-refractivity contribution in [3.8, 4) is 11.5 Å². The second kappa shape index (κ2) is 10.7. The SMILES string of the molecule is CCC(O)CNc1ncc(Oc2cc(NCC(O)CO)ncc2C(C)C)c(N)n1. The normalized spacial score (nSPS) is 13.2. The molecule has 2 aromatic heterocycles. The van der Waals surface area contributed by atoms with Crippen molar-refractivity contribution < 1.29 is 20.1 Å². The lowest BCUT2D eigenvalue weighted by molar-refractivity contribution is 0.105. The van der Waals surface area contributed by atoms with Gasteiger partial charge in [0.25, 0.3) is 0 Å². The van der Waals surface area contributed by atoms with Crippen molar-refractivity contribution in [3.05, 3.63) is 24.0 Å². The van der Waals surface area contributed by atoms with Crippen molar-refractivity contribution in [1.82, 2.24) is 15.0 Å². The number of aromatic nitrogens is 3. The third kappa shape index (κ3) is 6.70. The highest BCUT2D eigenvalue weighted by atomic mass is 16.5. The van der Waals surface area contributed by atoms with Crippen LogP contribution in [0.1, 0.15) is 38.7 Å². The minimum atomic E-state index is -0.888. The number of nitrogens with two attached hydrogens (primary N) is 1. The summed E-state index contributed by atoms with van der Waals surface area (Å²) in [5.74, 6) is 1.93. The Hall–Kier alpha value is -2.69. The average molecular weight is 406 g/mol. The van der Waals surface area contributed by atoms with Gasteiger partial charge in [0, 0.05) is 30.9 Å². The number of nitrogens with zero attached hydrogens (tertiary/aromatic N) is 3. The van der Waals surface area contributed by atoms with Gasteiger partial charge in [0.2, 0.25) is 5.95 Å². The largest absolute Gasteiger partial charge is 0.451 e. The molecule has 0 aromatic carbocycles. The van der Waals surface area contributed by atoms with Crippen molar-refractivity contribution >= 4 is 17.6 Å². The quantitative estimate of drug-likeness (QED) is 0.321. The maximum Gasteiger partial charge on any atom is 0.224 e. The Labute approximate surface area is 170 Å². The molecule has 29 heavy (non-hydrogen) atoms. The summed E-state index contributed by atoms with van der Waals surface area (Å²) in [6, 6.07) is 1.70. The lowest BCUT2D eigenvalue weighted by Gasteiger charge is -2.17. The molecule has 2 rings (SSSR count). The number of aliphatic hydroxyl groups excluding tert-OH is 3. The number of nitrogens with one attached hydrogen (secondary N) is 2. The number of nitrogen functional groups attached to an aromatic ring is 1. The summed E-state index contributed by atoms with van der Waals surface area (Å²) in [4.78, 5) is 12.7. The fraction of sp³-hybridized carbons (Fsp3) is 0.526. The molecule has 0 saturated heterocycles. The molecule has 0 aliphatic rings. The number of hydrogen-bond acceptors (Lipinski definition) is 10. The van der Waals surface area contributed by atoms with Gasteiger partial charge in [0.15, 0.2) is 11.6 Å². The van der Waals surface area contributed by atoms with E-state index in [0.29, 0.717) is 36.2 Å². The molecule has 0 radical (unpaired) electrons.